The van der Waals surface area contributed by atoms with E-state index >= 15 is 0 Å². The molecule has 0 spiro atoms. The SMILES string of the molecule is CC(C)(C)OC(=O)N(c1cccc(C(F)(F)F)c1)c1ccccc1C(=O)O. The van der Waals surface area contributed by atoms with Gasteiger partial charge in [-0.15, -0.1) is 0 Å². The number of halogens is 3. The van der Waals surface area contributed by atoms with Crippen molar-refractivity contribution in [3.8, 4) is 0 Å². The van der Waals surface area contributed by atoms with Crippen LogP contribution in [0.25, 0.3) is 0 Å². The average Bonchev–Trinajstić information content (AvgIpc) is 2.53. The summed E-state index contributed by atoms with van der Waals surface area (Å²) in [6.45, 7) is 4.79. The number of carboxylic acid groups (broad SMARTS) is 1. The van der Waals surface area contributed by atoms with E-state index in [0.717, 1.165) is 23.1 Å². The number of alkyl halides is 3. The molecular weight excluding hydrogens is 363 g/mol. The van der Waals surface area contributed by atoms with Gasteiger partial charge in [-0.3, -0.25) is 0 Å². The van der Waals surface area contributed by atoms with Gasteiger partial charge in [0, 0.05) is 0 Å². The summed E-state index contributed by atoms with van der Waals surface area (Å²) in [5.41, 5.74) is -2.41. The first kappa shape index (κ1) is 20.3. The van der Waals surface area contributed by atoms with Crippen molar-refractivity contribution in [1.29, 1.82) is 0 Å². The summed E-state index contributed by atoms with van der Waals surface area (Å²) in [6, 6.07) is 9.55. The van der Waals surface area contributed by atoms with Gasteiger partial charge in [-0.2, -0.15) is 13.2 Å². The first-order valence-electron chi connectivity index (χ1n) is 7.93. The number of amides is 1. The molecule has 2 aromatic rings. The zero-order valence-electron chi connectivity index (χ0n) is 14.9. The number of rotatable bonds is 3. The van der Waals surface area contributed by atoms with Crippen molar-refractivity contribution in [2.24, 2.45) is 0 Å². The monoisotopic (exact) mass is 381 g/mol. The van der Waals surface area contributed by atoms with Gasteiger partial charge in [0.2, 0.25) is 0 Å². The van der Waals surface area contributed by atoms with Crippen molar-refractivity contribution < 1.29 is 32.6 Å². The van der Waals surface area contributed by atoms with E-state index in [-0.39, 0.29) is 16.9 Å². The van der Waals surface area contributed by atoms with Crippen molar-refractivity contribution in [3.05, 3.63) is 59.7 Å². The summed E-state index contributed by atoms with van der Waals surface area (Å²) in [5.74, 6) is -1.33. The lowest BCUT2D eigenvalue weighted by atomic mass is 10.1. The molecule has 0 aliphatic heterocycles. The quantitative estimate of drug-likeness (QED) is 0.765. The lowest BCUT2D eigenvalue weighted by Gasteiger charge is -2.28. The first-order chi connectivity index (χ1) is 12.4. The van der Waals surface area contributed by atoms with E-state index in [4.69, 9.17) is 4.74 Å². The lowest BCUT2D eigenvalue weighted by molar-refractivity contribution is -0.137. The molecule has 0 unspecified atom stereocenters. The summed E-state index contributed by atoms with van der Waals surface area (Å²) in [5, 5.41) is 9.40. The fourth-order valence-corrected chi connectivity index (χ4v) is 2.32. The lowest BCUT2D eigenvalue weighted by Crippen LogP contribution is -2.34. The molecule has 0 atom stereocenters. The second-order valence-corrected chi connectivity index (χ2v) is 6.69. The Morgan fingerprint density at radius 3 is 2.19 bits per heavy atom. The maximum absolute atomic E-state index is 13.1. The molecule has 144 valence electrons. The van der Waals surface area contributed by atoms with Crippen LogP contribution in [0.4, 0.5) is 29.3 Å². The number of ether oxygens (including phenoxy) is 1. The largest absolute Gasteiger partial charge is 0.478 e. The highest BCUT2D eigenvalue weighted by Gasteiger charge is 2.33. The van der Waals surface area contributed by atoms with Crippen LogP contribution in [-0.4, -0.2) is 22.8 Å². The van der Waals surface area contributed by atoms with Gasteiger partial charge in [0.05, 0.1) is 22.5 Å². The van der Waals surface area contributed by atoms with Crippen LogP contribution in [0.3, 0.4) is 0 Å². The maximum atomic E-state index is 13.1. The molecule has 0 saturated heterocycles. The second-order valence-electron chi connectivity index (χ2n) is 6.69. The molecule has 0 aliphatic rings. The maximum Gasteiger partial charge on any atom is 0.419 e. The van der Waals surface area contributed by atoms with E-state index in [0.29, 0.717) is 0 Å². The zero-order valence-corrected chi connectivity index (χ0v) is 14.9. The van der Waals surface area contributed by atoms with Crippen molar-refractivity contribution >= 4 is 23.4 Å². The van der Waals surface area contributed by atoms with Crippen LogP contribution in [0, 0.1) is 0 Å². The Labute approximate surface area is 154 Å². The molecule has 0 saturated carbocycles. The molecule has 27 heavy (non-hydrogen) atoms. The predicted octanol–water partition coefficient (Wildman–Crippen LogP) is 5.48. The molecule has 2 rings (SSSR count). The standard InChI is InChI=1S/C19H18F3NO4/c1-18(2,3)27-17(26)23(15-10-5-4-9-14(15)16(24)25)13-8-6-7-12(11-13)19(20,21)22/h4-11H,1-3H3,(H,24,25). The molecule has 5 nitrogen and oxygen atoms in total. The van der Waals surface area contributed by atoms with Crippen LogP contribution in [0.2, 0.25) is 0 Å². The van der Waals surface area contributed by atoms with Crippen molar-refractivity contribution in [1.82, 2.24) is 0 Å². The number of anilines is 2. The molecule has 8 heteroatoms. The number of carboxylic acids is 1. The topological polar surface area (TPSA) is 66.8 Å². The summed E-state index contributed by atoms with van der Waals surface area (Å²) in [7, 11) is 0. The Kier molecular flexibility index (Phi) is 5.48. The van der Waals surface area contributed by atoms with Gasteiger partial charge in [0.1, 0.15) is 5.60 Å². The Bertz CT molecular complexity index is 857. The number of carbonyl (C=O) groups is 2. The summed E-state index contributed by atoms with van der Waals surface area (Å²) >= 11 is 0. The van der Waals surface area contributed by atoms with Crippen molar-refractivity contribution in [2.75, 3.05) is 4.90 Å². The number of benzene rings is 2. The van der Waals surface area contributed by atoms with E-state index < -0.39 is 29.4 Å². The van der Waals surface area contributed by atoms with Gasteiger partial charge < -0.3 is 9.84 Å². The molecule has 1 amide bonds. The molecule has 1 N–H and O–H groups in total. The Balaban J connectivity index is 2.66. The third-order valence-corrected chi connectivity index (χ3v) is 3.38. The molecule has 0 aliphatic carbocycles. The second kappa shape index (κ2) is 7.30. The van der Waals surface area contributed by atoms with Crippen LogP contribution in [0.15, 0.2) is 48.5 Å². The Hall–Kier alpha value is -3.03. The highest BCUT2D eigenvalue weighted by Crippen LogP contribution is 2.35. The highest BCUT2D eigenvalue weighted by atomic mass is 19.4. The van der Waals surface area contributed by atoms with Crippen molar-refractivity contribution in [2.45, 2.75) is 32.5 Å². The molecule has 2 aromatic carbocycles. The van der Waals surface area contributed by atoms with Crippen LogP contribution >= 0.6 is 0 Å². The van der Waals surface area contributed by atoms with Crippen LogP contribution in [-0.2, 0) is 10.9 Å². The summed E-state index contributed by atoms with van der Waals surface area (Å²) in [4.78, 5) is 25.1. The van der Waals surface area contributed by atoms with E-state index in [1.807, 2.05) is 0 Å². The summed E-state index contributed by atoms with van der Waals surface area (Å²) in [6.07, 6.45) is -5.61. The number of aromatic carboxylic acids is 1. The fourth-order valence-electron chi connectivity index (χ4n) is 2.32. The average molecular weight is 381 g/mol. The smallest absolute Gasteiger partial charge is 0.419 e. The van der Waals surface area contributed by atoms with E-state index in [1.54, 1.807) is 20.8 Å². The number of nitrogens with zero attached hydrogens (tertiary/aromatic N) is 1. The fraction of sp³-hybridized carbons (Fsp3) is 0.263. The number of para-hydroxylation sites is 1. The number of hydrogen-bond acceptors (Lipinski definition) is 3. The van der Waals surface area contributed by atoms with Gasteiger partial charge >= 0.3 is 18.2 Å². The third kappa shape index (κ3) is 4.99. The molecule has 0 aromatic heterocycles. The van der Waals surface area contributed by atoms with E-state index in [1.165, 1.54) is 30.3 Å². The van der Waals surface area contributed by atoms with Gasteiger partial charge in [0.15, 0.2) is 0 Å². The number of carbonyl (C=O) groups excluding carboxylic acids is 1. The Morgan fingerprint density at radius 1 is 1.00 bits per heavy atom. The van der Waals surface area contributed by atoms with Gasteiger partial charge in [-0.05, 0) is 51.1 Å². The third-order valence-electron chi connectivity index (χ3n) is 3.38. The highest BCUT2D eigenvalue weighted by molar-refractivity contribution is 6.04. The van der Waals surface area contributed by atoms with Crippen molar-refractivity contribution in [3.63, 3.8) is 0 Å². The molecule has 0 heterocycles. The minimum Gasteiger partial charge on any atom is -0.478 e. The Morgan fingerprint density at radius 2 is 1.63 bits per heavy atom. The normalized spacial score (nSPS) is 11.8. The van der Waals surface area contributed by atoms with Crippen LogP contribution < -0.4 is 4.90 Å². The van der Waals surface area contributed by atoms with Gasteiger partial charge in [-0.25, -0.2) is 14.5 Å². The minimum atomic E-state index is -4.62. The van der Waals surface area contributed by atoms with E-state index in [2.05, 4.69) is 0 Å². The van der Waals surface area contributed by atoms with Crippen LogP contribution in [0.5, 0.6) is 0 Å². The molecule has 0 radical (unpaired) electrons. The van der Waals surface area contributed by atoms with Gasteiger partial charge in [0.25, 0.3) is 0 Å². The molecule has 0 bridgehead atoms. The van der Waals surface area contributed by atoms with E-state index in [9.17, 15) is 27.9 Å². The van der Waals surface area contributed by atoms with Crippen LogP contribution in [0.1, 0.15) is 36.7 Å². The van der Waals surface area contributed by atoms with Gasteiger partial charge in [-0.1, -0.05) is 18.2 Å². The molecular formula is C19H18F3NO4. The number of hydrogen-bond donors (Lipinski definition) is 1. The first-order valence-corrected chi connectivity index (χ1v) is 7.93. The summed E-state index contributed by atoms with van der Waals surface area (Å²) < 4.78 is 44.5. The minimum absolute atomic E-state index is 0.0985. The zero-order chi connectivity index (χ0) is 20.4. The predicted molar refractivity (Wildman–Crippen MR) is 93.2 cm³/mol. The molecule has 0 fully saturated rings.